The maximum absolute atomic E-state index is 13.3. The summed E-state index contributed by atoms with van der Waals surface area (Å²) in [4.78, 5) is 0. The van der Waals surface area contributed by atoms with Crippen LogP contribution in [-0.4, -0.2) is 55.6 Å². The van der Waals surface area contributed by atoms with Gasteiger partial charge >= 0.3 is 55.6 Å². The molecule has 0 radical (unpaired) electrons. The maximum Gasteiger partial charge on any atom is 0.394 e. The third kappa shape index (κ3) is 39.0. The molecule has 0 aromatic heterocycles. The van der Waals surface area contributed by atoms with Crippen molar-refractivity contribution in [2.45, 2.75) is 493 Å². The number of alkyl halides is 27. The predicted molar refractivity (Wildman–Crippen MR) is 455 cm³/mol. The molecule has 744 valence electrons. The quantitative estimate of drug-likeness (QED) is 0.0549. The first kappa shape index (κ1) is 137. The number of rotatable bonds is 36. The fraction of sp³-hybridized carbons (Fsp3) is 1.00. The van der Waals surface area contributed by atoms with Crippen molar-refractivity contribution in [2.75, 3.05) is 0 Å². The minimum absolute atomic E-state index is 0.0524. The molecule has 0 aromatic carbocycles. The Morgan fingerprint density at radius 3 is 0.504 bits per heavy atom. The molecule has 0 heterocycles. The lowest BCUT2D eigenvalue weighted by molar-refractivity contribution is -0.261. The molecule has 0 aliphatic rings. The molecule has 0 aliphatic heterocycles. The molecule has 0 aliphatic carbocycles. The Kier molecular flexibility index (Phi) is 63.4. The zero-order valence-corrected chi connectivity index (χ0v) is 83.1. The topological polar surface area (TPSA) is 0 Å². The van der Waals surface area contributed by atoms with Crippen LogP contribution in [-0.2, 0) is 0 Å². The van der Waals surface area contributed by atoms with E-state index in [0.29, 0.717) is 89.9 Å². The van der Waals surface area contributed by atoms with E-state index < -0.39 is 115 Å². The first-order chi connectivity index (χ1) is 53.7. The molecule has 0 rings (SSSR count). The predicted octanol–water partition coefficient (Wildman–Crippen LogP) is 40.9. The largest absolute Gasteiger partial charge is 0.394 e. The van der Waals surface area contributed by atoms with Gasteiger partial charge < -0.3 is 0 Å². The van der Waals surface area contributed by atoms with Crippen LogP contribution in [0.3, 0.4) is 0 Å². The van der Waals surface area contributed by atoms with Crippen molar-refractivity contribution in [1.82, 2.24) is 0 Å². The molecule has 27 heteroatoms. The first-order valence-corrected chi connectivity index (χ1v) is 45.3. The van der Waals surface area contributed by atoms with Gasteiger partial charge in [-0.15, -0.1) is 0 Å². The Hall–Kier alpha value is -1.89. The lowest BCUT2D eigenvalue weighted by Crippen LogP contribution is -2.48. The molecule has 0 saturated carbocycles. The molecule has 0 saturated heterocycles. The van der Waals surface area contributed by atoms with Crippen LogP contribution in [0.1, 0.15) is 437 Å². The van der Waals surface area contributed by atoms with Crippen LogP contribution in [0, 0.1) is 113 Å². The molecule has 121 heavy (non-hydrogen) atoms. The Labute approximate surface area is 721 Å². The molecule has 0 amide bonds. The fourth-order valence-electron chi connectivity index (χ4n) is 18.2. The summed E-state index contributed by atoms with van der Waals surface area (Å²) >= 11 is 0. The van der Waals surface area contributed by atoms with Crippen molar-refractivity contribution in [3.05, 3.63) is 0 Å². The molecular weight excluding hydrogens is 1640 g/mol. The Morgan fingerprint density at radius 1 is 0.174 bits per heavy atom. The van der Waals surface area contributed by atoms with Crippen LogP contribution < -0.4 is 0 Å². The highest BCUT2D eigenvalue weighted by Gasteiger charge is 2.63. The van der Waals surface area contributed by atoms with Gasteiger partial charge in [-0.3, -0.25) is 0 Å². The third-order valence-electron chi connectivity index (χ3n) is 29.4. The van der Waals surface area contributed by atoms with E-state index in [1.54, 1.807) is 83.1 Å². The molecule has 0 aromatic rings. The van der Waals surface area contributed by atoms with E-state index in [4.69, 9.17) is 0 Å². The average molecular weight is 1820 g/mol. The molecule has 8 atom stereocenters. The molecule has 0 spiro atoms. The van der Waals surface area contributed by atoms with Gasteiger partial charge in [-0.2, -0.15) is 119 Å². The minimum Gasteiger partial charge on any atom is -0.171 e. The van der Waals surface area contributed by atoms with Crippen molar-refractivity contribution in [2.24, 2.45) is 113 Å². The van der Waals surface area contributed by atoms with E-state index in [1.807, 2.05) is 132 Å². The van der Waals surface area contributed by atoms with Crippen molar-refractivity contribution in [1.29, 1.82) is 0 Å². The third-order valence-corrected chi connectivity index (χ3v) is 29.4. The molecule has 0 fully saturated rings. The van der Waals surface area contributed by atoms with Gasteiger partial charge in [-0.05, 0) is 160 Å². The second-order valence-corrected chi connectivity index (χ2v) is 38.4. The number of halogens is 27. The van der Waals surface area contributed by atoms with E-state index >= 15 is 0 Å². The first-order valence-electron chi connectivity index (χ1n) is 45.3. The van der Waals surface area contributed by atoms with Crippen LogP contribution >= 0.6 is 0 Å². The monoisotopic (exact) mass is 1820 g/mol. The number of hydrogen-bond donors (Lipinski definition) is 0. The van der Waals surface area contributed by atoms with Crippen molar-refractivity contribution < 1.29 is 119 Å². The summed E-state index contributed by atoms with van der Waals surface area (Å²) in [6, 6.07) is 0. The van der Waals surface area contributed by atoms with Crippen molar-refractivity contribution in [3.8, 4) is 0 Å². The van der Waals surface area contributed by atoms with E-state index in [0.717, 1.165) is 0 Å². The molecule has 0 bridgehead atoms. The molecule has 0 N–H and O–H groups in total. The van der Waals surface area contributed by atoms with Gasteiger partial charge in [0, 0.05) is 0 Å². The lowest BCUT2D eigenvalue weighted by atomic mass is 9.60. The van der Waals surface area contributed by atoms with E-state index in [1.165, 1.54) is 62.3 Å². The highest BCUT2D eigenvalue weighted by molar-refractivity contribution is 4.98. The summed E-state index contributed by atoms with van der Waals surface area (Å²) < 4.78 is 346. The van der Waals surface area contributed by atoms with Gasteiger partial charge in [0.1, 0.15) is 0 Å². The van der Waals surface area contributed by atoms with Crippen molar-refractivity contribution >= 4 is 0 Å². The average Bonchev–Trinajstić information content (AvgIpc) is 0.763. The lowest BCUT2D eigenvalue weighted by Gasteiger charge is -2.47. The van der Waals surface area contributed by atoms with Gasteiger partial charge in [0.25, 0.3) is 0 Å². The van der Waals surface area contributed by atoms with Crippen LogP contribution in [0.15, 0.2) is 0 Å². The summed E-state index contributed by atoms with van der Waals surface area (Å²) in [5.41, 5.74) is -15.0. The fourth-order valence-corrected chi connectivity index (χ4v) is 18.2. The van der Waals surface area contributed by atoms with Gasteiger partial charge in [0.2, 0.25) is 0 Å². The summed E-state index contributed by atoms with van der Waals surface area (Å²) in [6.45, 7) is 67.4. The normalized spacial score (nSPS) is 17.3. The summed E-state index contributed by atoms with van der Waals surface area (Å²) in [6.07, 6.45) is -26.4. The zero-order chi connectivity index (χ0) is 99.9. The SMILES string of the molecule is CCC(C)(CC)[C@](C)(CC)C(F)(F)F.CCC(CC)[C@](C)(CC)C(F)(F)F.CCCC(C)(CCC)C(F)(F)F.CCC[C@@](C)(C(C(C)C)C(C)C)C(F)(F)F.CCC[C@@](C)(C(CC)CC)C(F)(F)F.CCC[C@](C)(C(F)(F)F)C(C)(CC)CC.CCC[C@](C)(CC)C(F)(F)F.CC[C@@](C)(C(C(C)C)C(C)C)C(F)(F)F.CC[C@@](C)(C(C)C)C(F)(F)F. The second-order valence-electron chi connectivity index (χ2n) is 38.4. The van der Waals surface area contributed by atoms with Gasteiger partial charge in [-0.1, -0.05) is 341 Å². The van der Waals surface area contributed by atoms with Crippen LogP contribution in [0.25, 0.3) is 0 Å². The van der Waals surface area contributed by atoms with Gasteiger partial charge in [-0.25, -0.2) is 0 Å². The van der Waals surface area contributed by atoms with E-state index in [2.05, 4.69) is 0 Å². The highest BCUT2D eigenvalue weighted by Crippen LogP contribution is 2.60. The molecular formula is C94H179F27. The van der Waals surface area contributed by atoms with Crippen LogP contribution in [0.5, 0.6) is 0 Å². The van der Waals surface area contributed by atoms with E-state index in [-0.39, 0.29) is 124 Å². The Bertz CT molecular complexity index is 2510. The standard InChI is InChI=1S/C13H25F3.2C12H23F3.2C11H21F3.C10H19F3.C9H17F3.2C8H15F3/c1-7-8-12(6,13(14,15)16)11(9(2)3)10(4)5;1-7-11(6,12(13,14)15)10(8(2)3)9(4)5;1-6-9-11(5,12(13,14)15)10(4,7-2)8-3;1-6-9(4,7-2)10(5,8-3)11(12,13)14;1-5-8-10(4,11(12,13)14)9(6-2)7-3;1-5-8(6-2)9(4,7-3)10(11,12)13;1-4-6-8(3,7-5-2)9(10,11)12;1-5-7(4,6(2)3)8(9,10)11;1-4-6-7(3,5-2)8(9,10)11/h9-11H,7-8H2,1-6H3;8-10H,7H2,1-6H3;6-9H2,1-5H3;6-8H2,1-5H3;9H,5-8H2,1-4H3;8H,5-7H2,1-4H3;4-7H2,1-3H3;6H,5H2,1-4H3;4-6H2,1-3H3/t12-;2*11-;2*10-;9-;;2*7-/m000000.00/s1. The second kappa shape index (κ2) is 56.0. The maximum atomic E-state index is 13.3. The smallest absolute Gasteiger partial charge is 0.171 e. The zero-order valence-electron chi connectivity index (χ0n) is 83.1. The van der Waals surface area contributed by atoms with Gasteiger partial charge in [0.05, 0.1) is 48.7 Å². The number of hydrogen-bond acceptors (Lipinski definition) is 0. The summed E-state index contributed by atoms with van der Waals surface area (Å²) in [5, 5.41) is 0. The van der Waals surface area contributed by atoms with Crippen LogP contribution in [0.4, 0.5) is 119 Å². The minimum atomic E-state index is -4.11. The summed E-state index contributed by atoms with van der Waals surface area (Å²) in [5.74, 6) is -1.27. The van der Waals surface area contributed by atoms with Gasteiger partial charge in [0.15, 0.2) is 0 Å². The van der Waals surface area contributed by atoms with Crippen molar-refractivity contribution in [3.63, 3.8) is 0 Å². The molecule has 0 unspecified atom stereocenters. The van der Waals surface area contributed by atoms with Crippen LogP contribution in [0.2, 0.25) is 0 Å². The Balaban J connectivity index is -0.000000167. The molecule has 0 nitrogen and oxygen atoms in total. The summed E-state index contributed by atoms with van der Waals surface area (Å²) in [7, 11) is 0. The highest BCUT2D eigenvalue weighted by atomic mass is 19.4. The van der Waals surface area contributed by atoms with E-state index in [9.17, 15) is 119 Å². The Morgan fingerprint density at radius 2 is 0.380 bits per heavy atom.